The third kappa shape index (κ3) is 1.69. The minimum absolute atomic E-state index is 0.496. The van der Waals surface area contributed by atoms with Gasteiger partial charge in [0, 0.05) is 5.56 Å². The molecule has 0 amide bonds. The van der Waals surface area contributed by atoms with Crippen LogP contribution in [0.4, 0.5) is 0 Å². The van der Waals surface area contributed by atoms with E-state index >= 15 is 0 Å². The summed E-state index contributed by atoms with van der Waals surface area (Å²) in [4.78, 5) is 3.68. The van der Waals surface area contributed by atoms with Crippen LogP contribution >= 0.6 is 23.2 Å². The maximum absolute atomic E-state index is 5.83. The molecule has 0 fully saturated rings. The van der Waals surface area contributed by atoms with Crippen LogP contribution in [0, 0.1) is 6.39 Å². The maximum Gasteiger partial charge on any atom is 0.284 e. The molecule has 0 unspecified atom stereocenters. The average Bonchev–Trinajstić information content (AvgIpc) is 2.62. The predicted octanol–water partition coefficient (Wildman–Crippen LogP) is 3.45. The molecule has 65 valence electrons. The molecule has 0 atom stereocenters. The van der Waals surface area contributed by atoms with Gasteiger partial charge in [0.1, 0.15) is 0 Å². The largest absolute Gasteiger partial charge is 0.432 e. The van der Waals surface area contributed by atoms with Gasteiger partial charge in [0.15, 0.2) is 5.76 Å². The zero-order chi connectivity index (χ0) is 9.26. The first-order valence-corrected chi connectivity index (χ1v) is 4.30. The Balaban J connectivity index is 2.49. The van der Waals surface area contributed by atoms with Crippen LogP contribution in [0.25, 0.3) is 11.3 Å². The van der Waals surface area contributed by atoms with Crippen molar-refractivity contribution in [1.82, 2.24) is 4.98 Å². The zero-order valence-corrected chi connectivity index (χ0v) is 7.93. The van der Waals surface area contributed by atoms with Crippen molar-refractivity contribution in [2.45, 2.75) is 0 Å². The molecule has 0 spiro atoms. The topological polar surface area (TPSA) is 26.0 Å². The Kier molecular flexibility index (Phi) is 2.25. The highest BCUT2D eigenvalue weighted by atomic mass is 35.5. The van der Waals surface area contributed by atoms with E-state index in [1.54, 1.807) is 18.3 Å². The average molecular weight is 213 g/mol. The number of hydrogen-bond acceptors (Lipinski definition) is 2. The standard InChI is InChI=1S/C9H4Cl2NO/c10-7-2-1-6(3-8(7)11)9-4-12-5-13-9/h1-4H. The van der Waals surface area contributed by atoms with E-state index < -0.39 is 0 Å². The Bertz CT molecular complexity index is 412. The third-order valence-electron chi connectivity index (χ3n) is 1.59. The van der Waals surface area contributed by atoms with Gasteiger partial charge in [-0.2, -0.15) is 0 Å². The molecule has 13 heavy (non-hydrogen) atoms. The Morgan fingerprint density at radius 2 is 2.08 bits per heavy atom. The fourth-order valence-corrected chi connectivity index (χ4v) is 1.27. The highest BCUT2D eigenvalue weighted by Gasteiger charge is 2.04. The molecule has 1 radical (unpaired) electrons. The van der Waals surface area contributed by atoms with Gasteiger partial charge in [-0.1, -0.05) is 23.2 Å². The molecule has 0 aliphatic heterocycles. The van der Waals surface area contributed by atoms with E-state index in [-0.39, 0.29) is 0 Å². The van der Waals surface area contributed by atoms with Crippen molar-refractivity contribution in [3.05, 3.63) is 40.8 Å². The molecule has 4 heteroatoms. The van der Waals surface area contributed by atoms with E-state index in [4.69, 9.17) is 27.6 Å². The predicted molar refractivity (Wildman–Crippen MR) is 50.8 cm³/mol. The molecule has 1 aromatic carbocycles. The number of aromatic nitrogens is 1. The lowest BCUT2D eigenvalue weighted by atomic mass is 10.2. The molecule has 0 bridgehead atoms. The van der Waals surface area contributed by atoms with Gasteiger partial charge < -0.3 is 4.42 Å². The third-order valence-corrected chi connectivity index (χ3v) is 2.33. The van der Waals surface area contributed by atoms with Crippen LogP contribution in [0.5, 0.6) is 0 Å². The van der Waals surface area contributed by atoms with Crippen molar-refractivity contribution < 1.29 is 4.42 Å². The number of nitrogens with zero attached hydrogens (tertiary/aromatic N) is 1. The molecule has 0 aliphatic rings. The van der Waals surface area contributed by atoms with Crippen LogP contribution < -0.4 is 0 Å². The fourth-order valence-electron chi connectivity index (χ4n) is 0.970. The van der Waals surface area contributed by atoms with Gasteiger partial charge in [-0.3, -0.25) is 0 Å². The van der Waals surface area contributed by atoms with E-state index in [9.17, 15) is 0 Å². The summed E-state index contributed by atoms with van der Waals surface area (Å²) in [6.07, 6.45) is 3.93. The Morgan fingerprint density at radius 1 is 1.23 bits per heavy atom. The van der Waals surface area contributed by atoms with E-state index in [1.165, 1.54) is 0 Å². The Labute approximate surface area is 85.1 Å². The number of oxazole rings is 1. The summed E-state index contributed by atoms with van der Waals surface area (Å²) in [6.45, 7) is 0. The molecule has 1 aromatic heterocycles. The summed E-state index contributed by atoms with van der Waals surface area (Å²) in [6, 6.07) is 5.24. The van der Waals surface area contributed by atoms with E-state index in [0.29, 0.717) is 15.8 Å². The SMILES string of the molecule is Clc1ccc(-c2cn[c]o2)cc1Cl. The summed E-state index contributed by atoms with van der Waals surface area (Å²) >= 11 is 11.6. The van der Waals surface area contributed by atoms with Crippen molar-refractivity contribution in [2.75, 3.05) is 0 Å². The van der Waals surface area contributed by atoms with Crippen molar-refractivity contribution in [1.29, 1.82) is 0 Å². The molecule has 1 heterocycles. The fraction of sp³-hybridized carbons (Fsp3) is 0. The van der Waals surface area contributed by atoms with E-state index in [1.807, 2.05) is 6.07 Å². The second-order valence-corrected chi connectivity index (χ2v) is 3.26. The summed E-state index contributed by atoms with van der Waals surface area (Å²) < 4.78 is 4.98. The molecular formula is C9H4Cl2NO. The van der Waals surface area contributed by atoms with Gasteiger partial charge >= 0.3 is 0 Å². The highest BCUT2D eigenvalue weighted by molar-refractivity contribution is 6.42. The first-order valence-electron chi connectivity index (χ1n) is 3.54. The van der Waals surface area contributed by atoms with Crippen LogP contribution in [0.2, 0.25) is 10.0 Å². The molecule has 2 nitrogen and oxygen atoms in total. The lowest BCUT2D eigenvalue weighted by Gasteiger charge is -1.98. The van der Waals surface area contributed by atoms with E-state index in [0.717, 1.165) is 5.56 Å². The first kappa shape index (κ1) is 8.60. The number of halogens is 2. The number of rotatable bonds is 1. The van der Waals surface area contributed by atoms with Gasteiger partial charge in [0.2, 0.25) is 0 Å². The summed E-state index contributed by atoms with van der Waals surface area (Å²) in [5.74, 6) is 0.624. The summed E-state index contributed by atoms with van der Waals surface area (Å²) in [7, 11) is 0. The van der Waals surface area contributed by atoms with Crippen molar-refractivity contribution >= 4 is 23.2 Å². The lowest BCUT2D eigenvalue weighted by Crippen LogP contribution is -1.74. The van der Waals surface area contributed by atoms with Crippen LogP contribution in [-0.2, 0) is 0 Å². The van der Waals surface area contributed by atoms with Crippen LogP contribution in [0.3, 0.4) is 0 Å². The number of benzene rings is 1. The van der Waals surface area contributed by atoms with Gasteiger partial charge in [-0.05, 0) is 18.2 Å². The highest BCUT2D eigenvalue weighted by Crippen LogP contribution is 2.27. The quantitative estimate of drug-likeness (QED) is 0.724. The van der Waals surface area contributed by atoms with Crippen LogP contribution in [0.15, 0.2) is 28.8 Å². The number of hydrogen-bond donors (Lipinski definition) is 0. The maximum atomic E-state index is 5.83. The molecule has 0 N–H and O–H groups in total. The minimum Gasteiger partial charge on any atom is -0.432 e. The van der Waals surface area contributed by atoms with E-state index in [2.05, 4.69) is 11.4 Å². The van der Waals surface area contributed by atoms with Gasteiger partial charge in [-0.25, -0.2) is 4.98 Å². The second-order valence-electron chi connectivity index (χ2n) is 2.44. The van der Waals surface area contributed by atoms with Crippen molar-refractivity contribution in [3.63, 3.8) is 0 Å². The molecule has 2 aromatic rings. The van der Waals surface area contributed by atoms with Gasteiger partial charge in [0.05, 0.1) is 16.2 Å². The molecule has 0 saturated carbocycles. The monoisotopic (exact) mass is 212 g/mol. The Hall–Kier alpha value is -0.990. The van der Waals surface area contributed by atoms with Gasteiger partial charge in [0.25, 0.3) is 6.39 Å². The summed E-state index contributed by atoms with van der Waals surface area (Å²) in [5.41, 5.74) is 0.836. The van der Waals surface area contributed by atoms with Gasteiger partial charge in [-0.15, -0.1) is 0 Å². The smallest absolute Gasteiger partial charge is 0.284 e. The van der Waals surface area contributed by atoms with Crippen molar-refractivity contribution in [2.24, 2.45) is 0 Å². The lowest BCUT2D eigenvalue weighted by molar-refractivity contribution is 0.561. The summed E-state index contributed by atoms with van der Waals surface area (Å²) in [5, 5.41) is 1.02. The second kappa shape index (κ2) is 3.40. The van der Waals surface area contributed by atoms with Crippen LogP contribution in [-0.4, -0.2) is 4.98 Å². The minimum atomic E-state index is 0.496. The molecule has 0 saturated heterocycles. The molecule has 2 rings (SSSR count). The molecular weight excluding hydrogens is 209 g/mol. The van der Waals surface area contributed by atoms with Crippen LogP contribution in [0.1, 0.15) is 0 Å². The first-order chi connectivity index (χ1) is 6.27. The Morgan fingerprint density at radius 3 is 2.69 bits per heavy atom. The van der Waals surface area contributed by atoms with Crippen molar-refractivity contribution in [3.8, 4) is 11.3 Å². The zero-order valence-electron chi connectivity index (χ0n) is 6.42. The molecule has 0 aliphatic carbocycles. The normalized spacial score (nSPS) is 10.3.